The molecular weight excluding hydrogens is 256 g/mol. The van der Waals surface area contributed by atoms with Crippen LogP contribution < -0.4 is 4.74 Å². The van der Waals surface area contributed by atoms with E-state index in [-0.39, 0.29) is 25.0 Å². The van der Waals surface area contributed by atoms with Gasteiger partial charge in [0.1, 0.15) is 12.4 Å². The van der Waals surface area contributed by atoms with Crippen LogP contribution in [-0.4, -0.2) is 34.8 Å². The molecule has 0 unspecified atom stereocenters. The number of nitrogens with zero attached hydrogens (tertiary/aromatic N) is 2. The summed E-state index contributed by atoms with van der Waals surface area (Å²) in [7, 11) is 0. The lowest BCUT2D eigenvalue weighted by Gasteiger charge is -2.14. The molecule has 2 heterocycles. The molecule has 3 rings (SSSR count). The first-order valence-corrected chi connectivity index (χ1v) is 6.25. The van der Waals surface area contributed by atoms with Crippen LogP contribution in [0.5, 0.6) is 5.75 Å². The van der Waals surface area contributed by atoms with E-state index in [9.17, 15) is 9.59 Å². The topological polar surface area (TPSA) is 59.5 Å². The fourth-order valence-corrected chi connectivity index (χ4v) is 2.13. The number of ether oxygens (including phenoxy) is 1. The summed E-state index contributed by atoms with van der Waals surface area (Å²) in [5, 5.41) is 0. The molecule has 2 amide bonds. The Labute approximate surface area is 115 Å². The van der Waals surface area contributed by atoms with Crippen LogP contribution in [0.25, 0.3) is 0 Å². The average molecular weight is 268 g/mol. The minimum atomic E-state index is -0.260. The van der Waals surface area contributed by atoms with Gasteiger partial charge in [0, 0.05) is 12.4 Å². The molecule has 1 aromatic carbocycles. The standard InChI is InChI=1S/C15H12N2O3/c18-14-12-3-1-2-4-13(12)15(19)17(14)9-10-20-11-5-7-16-8-6-11/h1-8H,9-10H2. The van der Waals surface area contributed by atoms with Crippen LogP contribution in [0.15, 0.2) is 48.8 Å². The number of fused-ring (bicyclic) bond motifs is 1. The molecule has 0 saturated carbocycles. The highest BCUT2D eigenvalue weighted by Crippen LogP contribution is 2.22. The van der Waals surface area contributed by atoms with Crippen molar-refractivity contribution in [3.63, 3.8) is 0 Å². The van der Waals surface area contributed by atoms with Gasteiger partial charge in [-0.1, -0.05) is 12.1 Å². The molecule has 20 heavy (non-hydrogen) atoms. The van der Waals surface area contributed by atoms with Crippen molar-refractivity contribution in [3.8, 4) is 5.75 Å². The van der Waals surface area contributed by atoms with Gasteiger partial charge in [-0.25, -0.2) is 0 Å². The molecule has 1 aliphatic rings. The quantitative estimate of drug-likeness (QED) is 0.793. The van der Waals surface area contributed by atoms with Crippen LogP contribution in [0.2, 0.25) is 0 Å². The largest absolute Gasteiger partial charge is 0.492 e. The highest BCUT2D eigenvalue weighted by Gasteiger charge is 2.34. The Morgan fingerprint density at radius 3 is 2.15 bits per heavy atom. The van der Waals surface area contributed by atoms with E-state index in [1.54, 1.807) is 48.8 Å². The summed E-state index contributed by atoms with van der Waals surface area (Å²) >= 11 is 0. The van der Waals surface area contributed by atoms with Crippen molar-refractivity contribution in [1.82, 2.24) is 9.88 Å². The lowest BCUT2D eigenvalue weighted by atomic mass is 10.1. The molecule has 0 aliphatic carbocycles. The van der Waals surface area contributed by atoms with Crippen molar-refractivity contribution in [2.45, 2.75) is 0 Å². The molecule has 0 fully saturated rings. The third-order valence-corrected chi connectivity index (χ3v) is 3.11. The lowest BCUT2D eigenvalue weighted by molar-refractivity contribution is 0.0631. The van der Waals surface area contributed by atoms with E-state index in [4.69, 9.17) is 4.74 Å². The van der Waals surface area contributed by atoms with Gasteiger partial charge >= 0.3 is 0 Å². The van der Waals surface area contributed by atoms with Gasteiger partial charge in [-0.2, -0.15) is 0 Å². The minimum absolute atomic E-state index is 0.231. The molecule has 0 atom stereocenters. The van der Waals surface area contributed by atoms with Crippen molar-refractivity contribution in [1.29, 1.82) is 0 Å². The maximum atomic E-state index is 12.1. The number of carbonyl (C=O) groups excluding carboxylic acids is 2. The monoisotopic (exact) mass is 268 g/mol. The van der Waals surface area contributed by atoms with Crippen LogP contribution in [-0.2, 0) is 0 Å². The number of imide groups is 1. The van der Waals surface area contributed by atoms with Gasteiger partial charge in [-0.15, -0.1) is 0 Å². The predicted molar refractivity (Wildman–Crippen MR) is 71.5 cm³/mol. The van der Waals surface area contributed by atoms with Crippen molar-refractivity contribution in [2.24, 2.45) is 0 Å². The van der Waals surface area contributed by atoms with Crippen LogP contribution in [0, 0.1) is 0 Å². The molecule has 5 nitrogen and oxygen atoms in total. The molecule has 1 aromatic heterocycles. The SMILES string of the molecule is O=C1c2ccccc2C(=O)N1CCOc1ccncc1. The lowest BCUT2D eigenvalue weighted by Crippen LogP contribution is -2.33. The summed E-state index contributed by atoms with van der Waals surface area (Å²) in [6.45, 7) is 0.490. The van der Waals surface area contributed by atoms with E-state index in [1.807, 2.05) is 0 Å². The first kappa shape index (κ1) is 12.3. The van der Waals surface area contributed by atoms with E-state index < -0.39 is 0 Å². The van der Waals surface area contributed by atoms with Crippen LogP contribution in [0.1, 0.15) is 20.7 Å². The average Bonchev–Trinajstić information content (AvgIpc) is 2.74. The third kappa shape index (κ3) is 2.14. The number of hydrogen-bond donors (Lipinski definition) is 0. The van der Waals surface area contributed by atoms with Gasteiger partial charge in [0.15, 0.2) is 0 Å². The number of rotatable bonds is 4. The Bertz CT molecular complexity index is 620. The van der Waals surface area contributed by atoms with Crippen LogP contribution >= 0.6 is 0 Å². The van der Waals surface area contributed by atoms with Gasteiger partial charge in [-0.05, 0) is 24.3 Å². The summed E-state index contributed by atoms with van der Waals surface area (Å²) in [6, 6.07) is 10.3. The van der Waals surface area contributed by atoms with Gasteiger partial charge in [0.05, 0.1) is 17.7 Å². The number of amides is 2. The Morgan fingerprint density at radius 2 is 1.55 bits per heavy atom. The number of aromatic nitrogens is 1. The molecule has 0 saturated heterocycles. The fraction of sp³-hybridized carbons (Fsp3) is 0.133. The van der Waals surface area contributed by atoms with Crippen molar-refractivity contribution in [3.05, 3.63) is 59.9 Å². The number of pyridine rings is 1. The second-order valence-corrected chi connectivity index (χ2v) is 4.34. The normalized spacial score (nSPS) is 13.5. The maximum absolute atomic E-state index is 12.1. The predicted octanol–water partition coefficient (Wildman–Crippen LogP) is 1.76. The molecule has 100 valence electrons. The molecule has 0 radical (unpaired) electrons. The first-order chi connectivity index (χ1) is 9.77. The first-order valence-electron chi connectivity index (χ1n) is 6.25. The Hall–Kier alpha value is -2.69. The smallest absolute Gasteiger partial charge is 0.261 e. The fourth-order valence-electron chi connectivity index (χ4n) is 2.13. The summed E-state index contributed by atoms with van der Waals surface area (Å²) in [5.41, 5.74) is 0.919. The number of hydrogen-bond acceptors (Lipinski definition) is 4. The summed E-state index contributed by atoms with van der Waals surface area (Å²) in [6.07, 6.45) is 3.24. The van der Waals surface area contributed by atoms with E-state index in [2.05, 4.69) is 4.98 Å². The van der Waals surface area contributed by atoms with Gasteiger partial charge in [-0.3, -0.25) is 19.5 Å². The zero-order valence-electron chi connectivity index (χ0n) is 10.7. The Kier molecular flexibility index (Phi) is 3.16. The van der Waals surface area contributed by atoms with Crippen LogP contribution in [0.4, 0.5) is 0 Å². The highest BCUT2D eigenvalue weighted by atomic mass is 16.5. The second-order valence-electron chi connectivity index (χ2n) is 4.34. The summed E-state index contributed by atoms with van der Waals surface area (Å²) < 4.78 is 5.48. The summed E-state index contributed by atoms with van der Waals surface area (Å²) in [4.78, 5) is 29.3. The van der Waals surface area contributed by atoms with E-state index >= 15 is 0 Å². The molecule has 0 spiro atoms. The zero-order chi connectivity index (χ0) is 13.9. The van der Waals surface area contributed by atoms with Crippen molar-refractivity contribution < 1.29 is 14.3 Å². The number of carbonyl (C=O) groups is 2. The zero-order valence-corrected chi connectivity index (χ0v) is 10.7. The molecule has 0 bridgehead atoms. The molecule has 5 heteroatoms. The highest BCUT2D eigenvalue weighted by molar-refractivity contribution is 6.21. The molecule has 1 aliphatic heterocycles. The second kappa shape index (κ2) is 5.13. The molecule has 0 N–H and O–H groups in total. The molecular formula is C15H12N2O3. The Morgan fingerprint density at radius 1 is 0.950 bits per heavy atom. The number of benzene rings is 1. The van der Waals surface area contributed by atoms with Crippen molar-refractivity contribution >= 4 is 11.8 Å². The van der Waals surface area contributed by atoms with Crippen molar-refractivity contribution in [2.75, 3.05) is 13.2 Å². The van der Waals surface area contributed by atoms with Crippen LogP contribution in [0.3, 0.4) is 0 Å². The van der Waals surface area contributed by atoms with E-state index in [1.165, 1.54) is 4.90 Å². The van der Waals surface area contributed by atoms with E-state index in [0.29, 0.717) is 16.9 Å². The maximum Gasteiger partial charge on any atom is 0.261 e. The van der Waals surface area contributed by atoms with E-state index in [0.717, 1.165) is 0 Å². The van der Waals surface area contributed by atoms with Gasteiger partial charge in [0.2, 0.25) is 0 Å². The minimum Gasteiger partial charge on any atom is -0.492 e. The summed E-state index contributed by atoms with van der Waals surface area (Å²) in [5.74, 6) is 0.143. The molecule has 2 aromatic rings. The third-order valence-electron chi connectivity index (χ3n) is 3.11. The van der Waals surface area contributed by atoms with Gasteiger partial charge in [0.25, 0.3) is 11.8 Å². The Balaban J connectivity index is 1.65. The van der Waals surface area contributed by atoms with Gasteiger partial charge < -0.3 is 4.74 Å².